The van der Waals surface area contributed by atoms with Crippen LogP contribution in [0.25, 0.3) is 0 Å². The van der Waals surface area contributed by atoms with Gasteiger partial charge in [0, 0.05) is 30.9 Å². The Balaban J connectivity index is 2.01. The first-order chi connectivity index (χ1) is 12.3. The van der Waals surface area contributed by atoms with Gasteiger partial charge in [-0.1, -0.05) is 32.0 Å². The summed E-state index contributed by atoms with van der Waals surface area (Å²) in [4.78, 5) is 25.8. The average molecular weight is 369 g/mol. The lowest BCUT2D eigenvalue weighted by molar-refractivity contribution is 0.0827. The number of hydrogen-bond donors (Lipinski definition) is 2. The number of thiocarbonyl (C=S) groups is 1. The van der Waals surface area contributed by atoms with Gasteiger partial charge in [-0.3, -0.25) is 14.9 Å². The molecule has 0 saturated carbocycles. The van der Waals surface area contributed by atoms with E-state index < -0.39 is 0 Å². The molecule has 0 aromatic heterocycles. The molecule has 0 aliphatic rings. The van der Waals surface area contributed by atoms with E-state index in [2.05, 4.69) is 24.5 Å². The first kappa shape index (κ1) is 19.6. The van der Waals surface area contributed by atoms with Crippen molar-refractivity contribution in [2.75, 3.05) is 19.4 Å². The fourth-order valence-electron chi connectivity index (χ4n) is 2.35. The molecule has 2 N–H and O–H groups in total. The maximum Gasteiger partial charge on any atom is 0.257 e. The van der Waals surface area contributed by atoms with E-state index in [1.54, 1.807) is 50.5 Å². The van der Waals surface area contributed by atoms with Crippen LogP contribution in [-0.2, 0) is 0 Å². The Morgan fingerprint density at radius 3 is 2.23 bits per heavy atom. The van der Waals surface area contributed by atoms with E-state index in [-0.39, 0.29) is 16.9 Å². The molecule has 0 aliphatic carbocycles. The lowest BCUT2D eigenvalue weighted by Gasteiger charge is -2.13. The van der Waals surface area contributed by atoms with E-state index in [0.29, 0.717) is 22.7 Å². The van der Waals surface area contributed by atoms with Crippen LogP contribution in [0.5, 0.6) is 0 Å². The molecule has 5 nitrogen and oxygen atoms in total. The summed E-state index contributed by atoms with van der Waals surface area (Å²) in [5.74, 6) is 0.0270. The van der Waals surface area contributed by atoms with Gasteiger partial charge in [-0.2, -0.15) is 0 Å². The standard InChI is InChI=1S/C20H23N3O2S/c1-13(2)14-8-10-15(11-9-14)18(24)22-20(26)21-17-7-5-6-16(12-17)19(25)23(3)4/h5-13H,1-4H3,(H2,21,22,24,26). The summed E-state index contributed by atoms with van der Waals surface area (Å²) in [5.41, 5.74) is 2.89. The van der Waals surface area contributed by atoms with E-state index in [1.807, 2.05) is 12.1 Å². The topological polar surface area (TPSA) is 61.4 Å². The van der Waals surface area contributed by atoms with Gasteiger partial charge in [0.25, 0.3) is 11.8 Å². The van der Waals surface area contributed by atoms with Crippen molar-refractivity contribution >= 4 is 34.8 Å². The number of carbonyl (C=O) groups excluding carboxylic acids is 2. The SMILES string of the molecule is CC(C)c1ccc(C(=O)NC(=S)Nc2cccc(C(=O)N(C)C)c2)cc1. The number of nitrogens with zero attached hydrogens (tertiary/aromatic N) is 1. The zero-order valence-electron chi connectivity index (χ0n) is 15.4. The summed E-state index contributed by atoms with van der Waals surface area (Å²) in [6.45, 7) is 4.20. The molecule has 2 amide bonds. The Morgan fingerprint density at radius 1 is 1.00 bits per heavy atom. The third kappa shape index (κ3) is 5.13. The number of rotatable bonds is 4. The first-order valence-corrected chi connectivity index (χ1v) is 8.72. The average Bonchev–Trinajstić information content (AvgIpc) is 2.61. The number of hydrogen-bond acceptors (Lipinski definition) is 3. The van der Waals surface area contributed by atoms with Gasteiger partial charge in [-0.25, -0.2) is 0 Å². The van der Waals surface area contributed by atoms with Crippen LogP contribution < -0.4 is 10.6 Å². The molecule has 0 heterocycles. The Kier molecular flexibility index (Phi) is 6.46. The first-order valence-electron chi connectivity index (χ1n) is 8.32. The van der Waals surface area contributed by atoms with E-state index in [4.69, 9.17) is 12.2 Å². The largest absolute Gasteiger partial charge is 0.345 e. The predicted molar refractivity (Wildman–Crippen MR) is 109 cm³/mol. The Labute approximate surface area is 159 Å². The van der Waals surface area contributed by atoms with Crippen LogP contribution in [-0.4, -0.2) is 35.9 Å². The zero-order valence-corrected chi connectivity index (χ0v) is 16.2. The smallest absolute Gasteiger partial charge is 0.257 e. The molecule has 26 heavy (non-hydrogen) atoms. The minimum atomic E-state index is -0.279. The highest BCUT2D eigenvalue weighted by Gasteiger charge is 2.11. The van der Waals surface area contributed by atoms with Gasteiger partial charge >= 0.3 is 0 Å². The van der Waals surface area contributed by atoms with Gasteiger partial charge in [-0.05, 0) is 54.0 Å². The van der Waals surface area contributed by atoms with Gasteiger partial charge in [0.1, 0.15) is 0 Å². The molecule has 0 radical (unpaired) electrons. The third-order valence-electron chi connectivity index (χ3n) is 3.84. The number of nitrogens with one attached hydrogen (secondary N) is 2. The van der Waals surface area contributed by atoms with Gasteiger partial charge in [0.05, 0.1) is 0 Å². The molecule has 6 heteroatoms. The third-order valence-corrected chi connectivity index (χ3v) is 4.04. The second-order valence-corrected chi connectivity index (χ2v) is 6.87. The number of carbonyl (C=O) groups is 2. The Morgan fingerprint density at radius 2 is 1.65 bits per heavy atom. The number of benzene rings is 2. The van der Waals surface area contributed by atoms with Crippen molar-refractivity contribution in [3.8, 4) is 0 Å². The summed E-state index contributed by atoms with van der Waals surface area (Å²) in [6.07, 6.45) is 0. The van der Waals surface area contributed by atoms with Gasteiger partial charge in [0.2, 0.25) is 0 Å². The van der Waals surface area contributed by atoms with Crippen LogP contribution >= 0.6 is 12.2 Å². The molecule has 0 spiro atoms. The van der Waals surface area contributed by atoms with Crippen LogP contribution in [0.2, 0.25) is 0 Å². The summed E-state index contributed by atoms with van der Waals surface area (Å²) in [5, 5.41) is 5.76. The summed E-state index contributed by atoms with van der Waals surface area (Å²) >= 11 is 5.20. The minimum absolute atomic E-state index is 0.103. The summed E-state index contributed by atoms with van der Waals surface area (Å²) in [7, 11) is 3.38. The van der Waals surface area contributed by atoms with Crippen molar-refractivity contribution in [1.82, 2.24) is 10.2 Å². The summed E-state index contributed by atoms with van der Waals surface area (Å²) in [6, 6.07) is 14.4. The van der Waals surface area contributed by atoms with Crippen molar-refractivity contribution in [3.05, 3.63) is 65.2 Å². The van der Waals surface area contributed by atoms with E-state index in [9.17, 15) is 9.59 Å². The number of anilines is 1. The van der Waals surface area contributed by atoms with Crippen molar-refractivity contribution in [2.45, 2.75) is 19.8 Å². The lowest BCUT2D eigenvalue weighted by Crippen LogP contribution is -2.34. The quantitative estimate of drug-likeness (QED) is 0.808. The molecule has 2 aromatic rings. The van der Waals surface area contributed by atoms with E-state index in [0.717, 1.165) is 0 Å². The van der Waals surface area contributed by atoms with Gasteiger partial charge in [-0.15, -0.1) is 0 Å². The Bertz CT molecular complexity index is 814. The lowest BCUT2D eigenvalue weighted by atomic mass is 10.0. The van der Waals surface area contributed by atoms with Gasteiger partial charge in [0.15, 0.2) is 5.11 Å². The highest BCUT2D eigenvalue weighted by molar-refractivity contribution is 7.80. The molecule has 0 bridgehead atoms. The van der Waals surface area contributed by atoms with Crippen molar-refractivity contribution < 1.29 is 9.59 Å². The molecular weight excluding hydrogens is 346 g/mol. The highest BCUT2D eigenvalue weighted by Crippen LogP contribution is 2.15. The second-order valence-electron chi connectivity index (χ2n) is 6.47. The van der Waals surface area contributed by atoms with E-state index in [1.165, 1.54) is 10.5 Å². The molecule has 2 aromatic carbocycles. The maximum absolute atomic E-state index is 12.3. The van der Waals surface area contributed by atoms with Gasteiger partial charge < -0.3 is 10.2 Å². The normalized spacial score (nSPS) is 10.3. The fraction of sp³-hybridized carbons (Fsp3) is 0.250. The van der Waals surface area contributed by atoms with Crippen molar-refractivity contribution in [1.29, 1.82) is 0 Å². The minimum Gasteiger partial charge on any atom is -0.345 e. The van der Waals surface area contributed by atoms with Crippen molar-refractivity contribution in [3.63, 3.8) is 0 Å². The zero-order chi connectivity index (χ0) is 19.3. The molecule has 0 saturated heterocycles. The monoisotopic (exact) mass is 369 g/mol. The molecule has 2 rings (SSSR count). The highest BCUT2D eigenvalue weighted by atomic mass is 32.1. The van der Waals surface area contributed by atoms with Crippen LogP contribution in [0, 0.1) is 0 Å². The second kappa shape index (κ2) is 8.58. The van der Waals surface area contributed by atoms with Crippen LogP contribution in [0.1, 0.15) is 46.0 Å². The van der Waals surface area contributed by atoms with Crippen molar-refractivity contribution in [2.24, 2.45) is 0 Å². The Hall–Kier alpha value is -2.73. The molecule has 0 aliphatic heterocycles. The maximum atomic E-state index is 12.3. The van der Waals surface area contributed by atoms with Crippen LogP contribution in [0.3, 0.4) is 0 Å². The number of amides is 2. The molecule has 0 atom stereocenters. The predicted octanol–water partition coefficient (Wildman–Crippen LogP) is 3.64. The summed E-state index contributed by atoms with van der Waals surface area (Å²) < 4.78 is 0. The molecule has 0 fully saturated rings. The van der Waals surface area contributed by atoms with Crippen LogP contribution in [0.4, 0.5) is 5.69 Å². The molecular formula is C20H23N3O2S. The van der Waals surface area contributed by atoms with E-state index >= 15 is 0 Å². The molecule has 0 unspecified atom stereocenters. The van der Waals surface area contributed by atoms with Crippen LogP contribution in [0.15, 0.2) is 48.5 Å². The molecule has 136 valence electrons. The fourth-order valence-corrected chi connectivity index (χ4v) is 2.56.